The second-order valence-corrected chi connectivity index (χ2v) is 4.18. The van der Waals surface area contributed by atoms with Crippen LogP contribution in [0.2, 0.25) is 0 Å². The Morgan fingerprint density at radius 3 is 2.94 bits per heavy atom. The fraction of sp³-hybridized carbons (Fsp3) is 0.182. The Morgan fingerprint density at radius 2 is 2.33 bits per heavy atom. The fourth-order valence-electron chi connectivity index (χ4n) is 1.56. The highest BCUT2D eigenvalue weighted by atomic mass is 32.1. The fourth-order valence-corrected chi connectivity index (χ4v) is 1.77. The smallest absolute Gasteiger partial charge is 0.151 e. The molecule has 3 N–H and O–H groups in total. The number of nitrogens with zero attached hydrogens (tertiary/aromatic N) is 3. The Morgan fingerprint density at radius 1 is 1.56 bits per heavy atom. The number of aromatic nitrogens is 3. The average Bonchev–Trinajstić information content (AvgIpc) is 2.71. The number of benzene rings is 1. The highest BCUT2D eigenvalue weighted by Gasteiger charge is 2.11. The minimum atomic E-state index is -0.439. The lowest BCUT2D eigenvalue weighted by Crippen LogP contribution is -2.16. The van der Waals surface area contributed by atoms with E-state index in [1.165, 1.54) is 6.07 Å². The zero-order chi connectivity index (χ0) is 13.1. The third-order valence-electron chi connectivity index (χ3n) is 2.50. The Kier molecular flexibility index (Phi) is 3.52. The minimum Gasteiger partial charge on any atom is -0.389 e. The van der Waals surface area contributed by atoms with Crippen LogP contribution in [0.4, 0.5) is 10.1 Å². The van der Waals surface area contributed by atoms with Crippen molar-refractivity contribution in [1.29, 1.82) is 0 Å². The maximum absolute atomic E-state index is 13.6. The van der Waals surface area contributed by atoms with Crippen LogP contribution in [0, 0.1) is 5.82 Å². The van der Waals surface area contributed by atoms with Gasteiger partial charge in [0.2, 0.25) is 0 Å². The highest BCUT2D eigenvalue weighted by Crippen LogP contribution is 2.19. The van der Waals surface area contributed by atoms with Gasteiger partial charge in [0.1, 0.15) is 17.1 Å². The number of hydrogen-bond acceptors (Lipinski definition) is 4. The van der Waals surface area contributed by atoms with Crippen molar-refractivity contribution in [1.82, 2.24) is 14.8 Å². The summed E-state index contributed by atoms with van der Waals surface area (Å²) in [6.45, 7) is 0.412. The first-order valence-corrected chi connectivity index (χ1v) is 5.65. The molecule has 0 unspecified atom stereocenters. The predicted molar refractivity (Wildman–Crippen MR) is 70.6 cm³/mol. The molecule has 0 spiro atoms. The summed E-state index contributed by atoms with van der Waals surface area (Å²) in [4.78, 5) is 0.0218. The number of rotatable bonds is 4. The van der Waals surface area contributed by atoms with Gasteiger partial charge < -0.3 is 15.6 Å². The van der Waals surface area contributed by atoms with Crippen molar-refractivity contribution in [3.8, 4) is 0 Å². The molecule has 2 rings (SSSR count). The first-order chi connectivity index (χ1) is 8.59. The Bertz CT molecular complexity index is 581. The lowest BCUT2D eigenvalue weighted by atomic mass is 10.1. The van der Waals surface area contributed by atoms with Gasteiger partial charge in [0.05, 0.1) is 12.1 Å². The minimum absolute atomic E-state index is 0.0218. The van der Waals surface area contributed by atoms with E-state index in [9.17, 15) is 4.39 Å². The van der Waals surface area contributed by atoms with E-state index >= 15 is 0 Å². The van der Waals surface area contributed by atoms with Crippen LogP contribution in [0.5, 0.6) is 0 Å². The van der Waals surface area contributed by atoms with Gasteiger partial charge >= 0.3 is 0 Å². The monoisotopic (exact) mass is 265 g/mol. The Labute approximate surface area is 109 Å². The number of nitrogens with two attached hydrogens (primary N) is 1. The lowest BCUT2D eigenvalue weighted by Gasteiger charge is -2.11. The summed E-state index contributed by atoms with van der Waals surface area (Å²) < 4.78 is 15.4. The predicted octanol–water partition coefficient (Wildman–Crippen LogP) is 1.20. The first kappa shape index (κ1) is 12.4. The third-order valence-corrected chi connectivity index (χ3v) is 2.71. The number of hydrogen-bond donors (Lipinski definition) is 2. The van der Waals surface area contributed by atoms with Gasteiger partial charge in [-0.15, -0.1) is 10.2 Å². The van der Waals surface area contributed by atoms with E-state index in [2.05, 4.69) is 15.5 Å². The Balaban J connectivity index is 2.22. The van der Waals surface area contributed by atoms with Crippen LogP contribution in [-0.2, 0) is 13.6 Å². The summed E-state index contributed by atoms with van der Waals surface area (Å²) >= 11 is 4.84. The number of halogens is 1. The molecular formula is C11H12FN5S. The highest BCUT2D eigenvalue weighted by molar-refractivity contribution is 7.80. The van der Waals surface area contributed by atoms with Crippen LogP contribution in [0.15, 0.2) is 24.5 Å². The normalized spacial score (nSPS) is 10.3. The molecule has 1 aromatic carbocycles. The van der Waals surface area contributed by atoms with Crippen LogP contribution in [0.3, 0.4) is 0 Å². The zero-order valence-electron chi connectivity index (χ0n) is 9.72. The van der Waals surface area contributed by atoms with Gasteiger partial charge in [-0.3, -0.25) is 0 Å². The summed E-state index contributed by atoms with van der Waals surface area (Å²) in [5.41, 5.74) is 6.28. The van der Waals surface area contributed by atoms with Crippen molar-refractivity contribution in [2.24, 2.45) is 12.8 Å². The summed E-state index contributed by atoms with van der Waals surface area (Å²) in [6.07, 6.45) is 1.59. The molecule has 94 valence electrons. The molecule has 0 radical (unpaired) electrons. The first-order valence-electron chi connectivity index (χ1n) is 5.24. The van der Waals surface area contributed by atoms with E-state index < -0.39 is 5.82 Å². The van der Waals surface area contributed by atoms with E-state index in [0.717, 1.165) is 5.82 Å². The third kappa shape index (κ3) is 2.45. The van der Waals surface area contributed by atoms with Crippen LogP contribution < -0.4 is 11.1 Å². The van der Waals surface area contributed by atoms with Gasteiger partial charge in [-0.1, -0.05) is 18.3 Å². The summed E-state index contributed by atoms with van der Waals surface area (Å²) in [6, 6.07) is 4.63. The number of anilines is 1. The SMILES string of the molecule is Cn1cnnc1CNc1cccc(F)c1C(N)=S. The molecule has 0 saturated carbocycles. The Hall–Kier alpha value is -2.02. The van der Waals surface area contributed by atoms with E-state index in [1.807, 2.05) is 7.05 Å². The van der Waals surface area contributed by atoms with Gasteiger partial charge in [0, 0.05) is 12.7 Å². The quantitative estimate of drug-likeness (QED) is 0.813. The lowest BCUT2D eigenvalue weighted by molar-refractivity contribution is 0.626. The van der Waals surface area contributed by atoms with Gasteiger partial charge in [0.25, 0.3) is 0 Å². The van der Waals surface area contributed by atoms with Crippen molar-refractivity contribution in [2.75, 3.05) is 5.32 Å². The molecule has 0 fully saturated rings. The number of aryl methyl sites for hydroxylation is 1. The topological polar surface area (TPSA) is 68.8 Å². The van der Waals surface area contributed by atoms with Crippen LogP contribution in [-0.4, -0.2) is 19.8 Å². The number of nitrogens with one attached hydrogen (secondary N) is 1. The molecule has 0 amide bonds. The average molecular weight is 265 g/mol. The molecule has 7 heteroatoms. The van der Waals surface area contributed by atoms with Crippen molar-refractivity contribution < 1.29 is 4.39 Å². The van der Waals surface area contributed by atoms with Gasteiger partial charge in [-0.05, 0) is 12.1 Å². The van der Waals surface area contributed by atoms with Crippen molar-refractivity contribution in [2.45, 2.75) is 6.54 Å². The maximum Gasteiger partial charge on any atom is 0.151 e. The number of thiocarbonyl (C=S) groups is 1. The molecule has 18 heavy (non-hydrogen) atoms. The van der Waals surface area contributed by atoms with Crippen molar-refractivity contribution in [3.63, 3.8) is 0 Å². The summed E-state index contributed by atoms with van der Waals surface area (Å²) in [5, 5.41) is 10.7. The largest absolute Gasteiger partial charge is 0.389 e. The molecule has 0 aliphatic heterocycles. The van der Waals surface area contributed by atoms with E-state index in [-0.39, 0.29) is 10.6 Å². The van der Waals surface area contributed by atoms with Crippen LogP contribution in [0.1, 0.15) is 11.4 Å². The van der Waals surface area contributed by atoms with E-state index in [0.29, 0.717) is 12.2 Å². The molecule has 0 saturated heterocycles. The van der Waals surface area contributed by atoms with Crippen molar-refractivity contribution >= 4 is 22.9 Å². The maximum atomic E-state index is 13.6. The summed E-state index contributed by atoms with van der Waals surface area (Å²) in [5.74, 6) is 0.290. The molecule has 0 bridgehead atoms. The standard InChI is InChI=1S/C11H12FN5S/c1-17-6-15-16-9(17)5-14-8-4-2-3-7(12)10(8)11(13)18/h2-4,6,14H,5H2,1H3,(H2,13,18). The van der Waals surface area contributed by atoms with Crippen LogP contribution >= 0.6 is 12.2 Å². The van der Waals surface area contributed by atoms with Crippen LogP contribution in [0.25, 0.3) is 0 Å². The van der Waals surface area contributed by atoms with E-state index in [4.69, 9.17) is 18.0 Å². The van der Waals surface area contributed by atoms with Gasteiger partial charge in [0.15, 0.2) is 5.82 Å². The van der Waals surface area contributed by atoms with Crippen molar-refractivity contribution in [3.05, 3.63) is 41.7 Å². The molecule has 2 aromatic rings. The molecule has 1 heterocycles. The molecule has 0 aliphatic rings. The summed E-state index contributed by atoms with van der Waals surface area (Å²) in [7, 11) is 1.83. The molecule has 0 aliphatic carbocycles. The zero-order valence-corrected chi connectivity index (χ0v) is 10.5. The molecule has 0 atom stereocenters. The van der Waals surface area contributed by atoms with Gasteiger partial charge in [-0.25, -0.2) is 4.39 Å². The second kappa shape index (κ2) is 5.09. The molecular weight excluding hydrogens is 253 g/mol. The molecule has 1 aromatic heterocycles. The van der Waals surface area contributed by atoms with E-state index in [1.54, 1.807) is 23.0 Å². The van der Waals surface area contributed by atoms with Gasteiger partial charge in [-0.2, -0.15) is 0 Å². The molecule has 5 nitrogen and oxygen atoms in total. The second-order valence-electron chi connectivity index (χ2n) is 3.74.